The van der Waals surface area contributed by atoms with Crippen LogP contribution in [0.4, 0.5) is 4.79 Å². The number of carbonyl (C=O) groups is 4. The summed E-state index contributed by atoms with van der Waals surface area (Å²) in [5, 5.41) is 15.1. The lowest BCUT2D eigenvalue weighted by Crippen LogP contribution is -2.63. The predicted octanol–water partition coefficient (Wildman–Crippen LogP) is 2.16. The summed E-state index contributed by atoms with van der Waals surface area (Å²) in [5.74, 6) is -2.71. The Bertz CT molecular complexity index is 830. The maximum Gasteiger partial charge on any atom is 0.408 e. The molecule has 9 heteroatoms. The van der Waals surface area contributed by atoms with E-state index in [0.717, 1.165) is 10.5 Å². The van der Waals surface area contributed by atoms with E-state index in [0.29, 0.717) is 19.4 Å². The van der Waals surface area contributed by atoms with Crippen molar-refractivity contribution in [3.63, 3.8) is 0 Å². The number of carboxylic acid groups (broad SMARTS) is 1. The monoisotopic (exact) mass is 447 g/mol. The lowest BCUT2D eigenvalue weighted by atomic mass is 9.83. The standard InChI is InChI=1S/C23H33N3O6/c1-5-15(2)23(3,25-22(31)32-14-16-9-7-6-8-10-16)21(30)26(4)18(20(28)29)13-17-11-12-24-19(17)27/h6-10,15,17-18H,5,11-14H2,1-4H3,(H,24,27)(H,25,31)(H,28,29)/t15?,17?,18-,23?/m0/s1. The number of aliphatic carboxylic acids is 1. The highest BCUT2D eigenvalue weighted by atomic mass is 16.5. The maximum absolute atomic E-state index is 13.5. The van der Waals surface area contributed by atoms with Gasteiger partial charge in [0.25, 0.3) is 0 Å². The fraction of sp³-hybridized carbons (Fsp3) is 0.565. The van der Waals surface area contributed by atoms with Gasteiger partial charge in [-0.3, -0.25) is 9.59 Å². The van der Waals surface area contributed by atoms with Crippen LogP contribution in [-0.4, -0.2) is 59.1 Å². The summed E-state index contributed by atoms with van der Waals surface area (Å²) >= 11 is 0. The number of nitrogens with one attached hydrogen (secondary N) is 2. The molecule has 176 valence electrons. The van der Waals surface area contributed by atoms with Gasteiger partial charge in [0.1, 0.15) is 18.2 Å². The second-order valence-electron chi connectivity index (χ2n) is 8.48. The van der Waals surface area contributed by atoms with Crippen molar-refractivity contribution in [2.24, 2.45) is 11.8 Å². The van der Waals surface area contributed by atoms with E-state index in [2.05, 4.69) is 10.6 Å². The van der Waals surface area contributed by atoms with Crippen LogP contribution in [-0.2, 0) is 25.7 Å². The third kappa shape index (κ3) is 5.99. The van der Waals surface area contributed by atoms with Crippen LogP contribution in [0, 0.1) is 11.8 Å². The Hall–Kier alpha value is -3.10. The molecule has 1 aliphatic heterocycles. The summed E-state index contributed by atoms with van der Waals surface area (Å²) in [4.78, 5) is 51.0. The van der Waals surface area contributed by atoms with Gasteiger partial charge in [-0.2, -0.15) is 0 Å². The number of amides is 3. The normalized spacial score (nSPS) is 19.2. The van der Waals surface area contributed by atoms with E-state index < -0.39 is 35.5 Å². The SMILES string of the molecule is CCC(C)C(C)(NC(=O)OCc1ccccc1)C(=O)N(C)[C@@H](CC1CCNC1=O)C(=O)O. The summed E-state index contributed by atoms with van der Waals surface area (Å²) in [6.07, 6.45) is 0.341. The van der Waals surface area contributed by atoms with Crippen molar-refractivity contribution in [1.82, 2.24) is 15.5 Å². The number of alkyl carbamates (subject to hydrolysis) is 1. The van der Waals surface area contributed by atoms with Gasteiger partial charge in [0, 0.05) is 19.5 Å². The predicted molar refractivity (Wildman–Crippen MR) is 118 cm³/mol. The van der Waals surface area contributed by atoms with Crippen molar-refractivity contribution >= 4 is 23.9 Å². The average Bonchev–Trinajstić information content (AvgIpc) is 3.19. The zero-order valence-corrected chi connectivity index (χ0v) is 19.1. The molecule has 4 atom stereocenters. The molecule has 1 saturated heterocycles. The quantitative estimate of drug-likeness (QED) is 0.505. The molecule has 1 aromatic rings. The molecule has 2 rings (SSSR count). The minimum Gasteiger partial charge on any atom is -0.480 e. The Balaban J connectivity index is 2.15. The number of likely N-dealkylation sites (N-methyl/N-ethyl adjacent to an activating group) is 1. The molecule has 3 amide bonds. The molecule has 1 aliphatic rings. The van der Waals surface area contributed by atoms with Crippen LogP contribution < -0.4 is 10.6 Å². The Morgan fingerprint density at radius 3 is 2.50 bits per heavy atom. The molecule has 0 saturated carbocycles. The number of ether oxygens (including phenoxy) is 1. The molecule has 0 radical (unpaired) electrons. The minimum atomic E-state index is -1.39. The second kappa shape index (κ2) is 11.0. The largest absolute Gasteiger partial charge is 0.480 e. The molecule has 1 fully saturated rings. The first kappa shape index (κ1) is 25.2. The number of nitrogens with zero attached hydrogens (tertiary/aromatic N) is 1. The molecule has 0 aliphatic carbocycles. The molecule has 0 spiro atoms. The fourth-order valence-corrected chi connectivity index (χ4v) is 3.84. The minimum absolute atomic E-state index is 0.0123. The summed E-state index contributed by atoms with van der Waals surface area (Å²) in [6.45, 7) is 5.80. The Labute approximate surface area is 188 Å². The Morgan fingerprint density at radius 2 is 1.97 bits per heavy atom. The van der Waals surface area contributed by atoms with Gasteiger partial charge in [0.2, 0.25) is 11.8 Å². The van der Waals surface area contributed by atoms with Crippen LogP contribution >= 0.6 is 0 Å². The second-order valence-corrected chi connectivity index (χ2v) is 8.48. The van der Waals surface area contributed by atoms with Crippen molar-refractivity contribution < 1.29 is 29.0 Å². The van der Waals surface area contributed by atoms with Crippen molar-refractivity contribution in [2.45, 2.75) is 58.2 Å². The van der Waals surface area contributed by atoms with Crippen LogP contribution in [0.15, 0.2) is 30.3 Å². The van der Waals surface area contributed by atoms with Gasteiger partial charge >= 0.3 is 12.1 Å². The number of carboxylic acids is 1. The van der Waals surface area contributed by atoms with Gasteiger partial charge in [0.05, 0.1) is 0 Å². The number of carbonyl (C=O) groups excluding carboxylic acids is 3. The van der Waals surface area contributed by atoms with E-state index in [-0.39, 0.29) is 24.9 Å². The van der Waals surface area contributed by atoms with Gasteiger partial charge in [0.15, 0.2) is 0 Å². The van der Waals surface area contributed by atoms with Gasteiger partial charge in [-0.15, -0.1) is 0 Å². The van der Waals surface area contributed by atoms with Gasteiger partial charge in [-0.05, 0) is 31.2 Å². The van der Waals surface area contributed by atoms with E-state index >= 15 is 0 Å². The van der Waals surface area contributed by atoms with Gasteiger partial charge in [-0.25, -0.2) is 9.59 Å². The number of hydrogen-bond acceptors (Lipinski definition) is 5. The molecular formula is C23H33N3O6. The van der Waals surface area contributed by atoms with Crippen molar-refractivity contribution in [1.29, 1.82) is 0 Å². The topological polar surface area (TPSA) is 125 Å². The lowest BCUT2D eigenvalue weighted by Gasteiger charge is -2.39. The molecular weight excluding hydrogens is 414 g/mol. The molecule has 9 nitrogen and oxygen atoms in total. The number of rotatable bonds is 10. The Kier molecular flexibility index (Phi) is 8.63. The van der Waals surface area contributed by atoms with E-state index in [1.54, 1.807) is 6.92 Å². The highest BCUT2D eigenvalue weighted by Gasteiger charge is 2.45. The van der Waals surface area contributed by atoms with Crippen LogP contribution in [0.5, 0.6) is 0 Å². The molecule has 32 heavy (non-hydrogen) atoms. The summed E-state index contributed by atoms with van der Waals surface area (Å²) < 4.78 is 5.29. The van der Waals surface area contributed by atoms with Crippen LogP contribution in [0.3, 0.4) is 0 Å². The first-order valence-electron chi connectivity index (χ1n) is 10.9. The summed E-state index contributed by atoms with van der Waals surface area (Å²) in [5.41, 5.74) is -0.583. The van der Waals surface area contributed by atoms with E-state index in [4.69, 9.17) is 4.74 Å². The molecule has 3 N–H and O–H groups in total. The Morgan fingerprint density at radius 1 is 1.31 bits per heavy atom. The van der Waals surface area contributed by atoms with E-state index in [1.807, 2.05) is 44.2 Å². The third-order valence-corrected chi connectivity index (χ3v) is 6.36. The number of hydrogen-bond donors (Lipinski definition) is 3. The summed E-state index contributed by atoms with van der Waals surface area (Å²) in [7, 11) is 1.39. The highest BCUT2D eigenvalue weighted by Crippen LogP contribution is 2.26. The lowest BCUT2D eigenvalue weighted by molar-refractivity contribution is -0.153. The molecule has 3 unspecified atom stereocenters. The van der Waals surface area contributed by atoms with Crippen LogP contribution in [0.2, 0.25) is 0 Å². The van der Waals surface area contributed by atoms with Gasteiger partial charge in [-0.1, -0.05) is 50.6 Å². The van der Waals surface area contributed by atoms with Crippen molar-refractivity contribution in [2.75, 3.05) is 13.6 Å². The maximum atomic E-state index is 13.5. The fourth-order valence-electron chi connectivity index (χ4n) is 3.84. The average molecular weight is 448 g/mol. The van der Waals surface area contributed by atoms with Gasteiger partial charge < -0.3 is 25.4 Å². The summed E-state index contributed by atoms with van der Waals surface area (Å²) in [6, 6.07) is 7.95. The van der Waals surface area contributed by atoms with E-state index in [1.165, 1.54) is 7.05 Å². The zero-order chi connectivity index (χ0) is 23.9. The van der Waals surface area contributed by atoms with Crippen molar-refractivity contribution in [3.05, 3.63) is 35.9 Å². The first-order valence-corrected chi connectivity index (χ1v) is 10.9. The molecule has 1 aromatic carbocycles. The van der Waals surface area contributed by atoms with Crippen LogP contribution in [0.1, 0.15) is 45.6 Å². The zero-order valence-electron chi connectivity index (χ0n) is 19.1. The third-order valence-electron chi connectivity index (χ3n) is 6.36. The van der Waals surface area contributed by atoms with Crippen molar-refractivity contribution in [3.8, 4) is 0 Å². The van der Waals surface area contributed by atoms with E-state index in [9.17, 15) is 24.3 Å². The highest BCUT2D eigenvalue weighted by molar-refractivity contribution is 5.93. The number of benzene rings is 1. The molecule has 0 bridgehead atoms. The molecule has 0 aromatic heterocycles. The van der Waals surface area contributed by atoms with Crippen LogP contribution in [0.25, 0.3) is 0 Å². The smallest absolute Gasteiger partial charge is 0.408 e. The molecule has 1 heterocycles. The first-order chi connectivity index (χ1) is 15.1.